The molecule has 10 nitrogen and oxygen atoms in total. The second-order valence-electron chi connectivity index (χ2n) is 8.41. The Labute approximate surface area is 209 Å². The Bertz CT molecular complexity index is 1320. The third kappa shape index (κ3) is 7.31. The Kier molecular flexibility index (Phi) is 8.95. The third-order valence-corrected chi connectivity index (χ3v) is 7.14. The molecule has 0 saturated carbocycles. The molecule has 35 heavy (non-hydrogen) atoms. The number of benzene rings is 1. The summed E-state index contributed by atoms with van der Waals surface area (Å²) in [6, 6.07) is 4.60. The molecule has 0 radical (unpaired) electrons. The van der Waals surface area contributed by atoms with E-state index >= 15 is 0 Å². The van der Waals surface area contributed by atoms with Gasteiger partial charge in [0.15, 0.2) is 0 Å². The first-order chi connectivity index (χ1) is 16.6. The van der Waals surface area contributed by atoms with Gasteiger partial charge in [0, 0.05) is 37.5 Å². The van der Waals surface area contributed by atoms with Crippen molar-refractivity contribution in [3.05, 3.63) is 63.1 Å². The standard InChI is InChI=1S/C23H29ClN6O4S/c1-16-7-8-18(12-21(16)35(33,34)27-11-9-17-6-4-5-10-25-17)28-22(31)15-30-23(32)19(14-29(2)3)20(24)13-26-30/h4,6-8,12-13,27H,5,9-11,14-15H2,1-3H3,(H,28,31). The lowest BCUT2D eigenvalue weighted by Gasteiger charge is -2.14. The number of allylic oxidation sites excluding steroid dienone is 1. The second kappa shape index (κ2) is 11.7. The number of hydrogen-bond donors (Lipinski definition) is 2. The molecular formula is C23H29ClN6O4S. The van der Waals surface area contributed by atoms with Crippen molar-refractivity contribution in [3.8, 4) is 0 Å². The van der Waals surface area contributed by atoms with Crippen molar-refractivity contribution in [1.29, 1.82) is 0 Å². The maximum atomic E-state index is 12.9. The van der Waals surface area contributed by atoms with Gasteiger partial charge >= 0.3 is 0 Å². The van der Waals surface area contributed by atoms with Crippen molar-refractivity contribution in [2.45, 2.75) is 37.8 Å². The Hall–Kier alpha value is -2.86. The molecule has 188 valence electrons. The number of dihydropyridines is 1. The Balaban J connectivity index is 1.69. The summed E-state index contributed by atoms with van der Waals surface area (Å²) in [5.41, 5.74) is 1.56. The molecule has 1 aliphatic heterocycles. The van der Waals surface area contributed by atoms with Crippen LogP contribution in [-0.4, -0.2) is 61.9 Å². The van der Waals surface area contributed by atoms with Crippen molar-refractivity contribution in [3.63, 3.8) is 0 Å². The van der Waals surface area contributed by atoms with E-state index in [4.69, 9.17) is 11.6 Å². The van der Waals surface area contributed by atoms with Gasteiger partial charge in [-0.2, -0.15) is 5.10 Å². The van der Waals surface area contributed by atoms with Crippen molar-refractivity contribution < 1.29 is 13.2 Å². The largest absolute Gasteiger partial charge is 0.324 e. The number of sulfonamides is 1. The summed E-state index contributed by atoms with van der Waals surface area (Å²) in [6.45, 7) is 2.56. The van der Waals surface area contributed by atoms with Gasteiger partial charge in [0.05, 0.1) is 21.7 Å². The van der Waals surface area contributed by atoms with E-state index in [2.05, 4.69) is 20.1 Å². The minimum absolute atomic E-state index is 0.0616. The maximum Gasteiger partial charge on any atom is 0.273 e. The molecule has 0 fully saturated rings. The number of carbonyl (C=O) groups is 1. The first kappa shape index (κ1) is 26.7. The van der Waals surface area contributed by atoms with Gasteiger partial charge in [0.1, 0.15) is 6.54 Å². The van der Waals surface area contributed by atoms with Gasteiger partial charge in [-0.3, -0.25) is 14.6 Å². The fraction of sp³-hybridized carbons (Fsp3) is 0.391. The quantitative estimate of drug-likeness (QED) is 0.493. The average molecular weight is 521 g/mol. The van der Waals surface area contributed by atoms with E-state index in [9.17, 15) is 18.0 Å². The van der Waals surface area contributed by atoms with Crippen LogP contribution in [0.1, 0.15) is 24.0 Å². The summed E-state index contributed by atoms with van der Waals surface area (Å²) in [7, 11) is -0.209. The first-order valence-corrected chi connectivity index (χ1v) is 12.9. The molecule has 1 aromatic carbocycles. The summed E-state index contributed by atoms with van der Waals surface area (Å²) in [5.74, 6) is -0.528. The predicted molar refractivity (Wildman–Crippen MR) is 137 cm³/mol. The van der Waals surface area contributed by atoms with Gasteiger partial charge in [0.2, 0.25) is 15.9 Å². The van der Waals surface area contributed by atoms with E-state index in [-0.39, 0.29) is 28.7 Å². The summed E-state index contributed by atoms with van der Waals surface area (Å²) in [6.07, 6.45) is 6.64. The number of aromatic nitrogens is 2. The maximum absolute atomic E-state index is 12.9. The molecule has 0 saturated heterocycles. The number of rotatable bonds is 10. The van der Waals surface area contributed by atoms with Crippen molar-refractivity contribution in [2.75, 3.05) is 32.5 Å². The Morgan fingerprint density at radius 1 is 1.29 bits per heavy atom. The molecule has 0 spiro atoms. The Morgan fingerprint density at radius 2 is 2.06 bits per heavy atom. The topological polar surface area (TPSA) is 126 Å². The van der Waals surface area contributed by atoms with E-state index in [1.165, 1.54) is 12.3 Å². The molecule has 12 heteroatoms. The number of carbonyl (C=O) groups excluding carboxylic acids is 1. The minimum Gasteiger partial charge on any atom is -0.324 e. The average Bonchev–Trinajstić information content (AvgIpc) is 2.80. The number of nitrogens with one attached hydrogen (secondary N) is 2. The monoisotopic (exact) mass is 520 g/mol. The predicted octanol–water partition coefficient (Wildman–Crippen LogP) is 1.97. The molecular weight excluding hydrogens is 492 g/mol. The molecule has 1 aromatic heterocycles. The number of halogens is 1. The Morgan fingerprint density at radius 3 is 2.74 bits per heavy atom. The molecule has 3 rings (SSSR count). The third-order valence-electron chi connectivity index (χ3n) is 5.21. The van der Waals surface area contributed by atoms with Gasteiger partial charge in [-0.05, 0) is 51.2 Å². The summed E-state index contributed by atoms with van der Waals surface area (Å²) < 4.78 is 29.4. The number of hydrogen-bond acceptors (Lipinski definition) is 7. The molecule has 2 N–H and O–H groups in total. The van der Waals surface area contributed by atoms with Crippen LogP contribution in [0, 0.1) is 6.92 Å². The fourth-order valence-electron chi connectivity index (χ4n) is 3.49. The molecule has 0 unspecified atom stereocenters. The highest BCUT2D eigenvalue weighted by Crippen LogP contribution is 2.20. The van der Waals surface area contributed by atoms with Gasteiger partial charge in [-0.1, -0.05) is 23.7 Å². The van der Waals surface area contributed by atoms with Gasteiger partial charge < -0.3 is 10.2 Å². The van der Waals surface area contributed by atoms with E-state index in [1.54, 1.807) is 38.1 Å². The number of aryl methyl sites for hydroxylation is 1. The molecule has 1 aliphatic rings. The SMILES string of the molecule is Cc1ccc(NC(=O)Cn2ncc(Cl)c(CN(C)C)c2=O)cc1S(=O)(=O)NCCC1=NCCC=C1. The number of anilines is 1. The highest BCUT2D eigenvalue weighted by atomic mass is 35.5. The zero-order valence-electron chi connectivity index (χ0n) is 19.9. The van der Waals surface area contributed by atoms with Gasteiger partial charge in [0.25, 0.3) is 5.56 Å². The normalized spacial score (nSPS) is 13.7. The van der Waals surface area contributed by atoms with E-state index in [0.717, 1.165) is 16.8 Å². The molecule has 0 bridgehead atoms. The van der Waals surface area contributed by atoms with Gasteiger partial charge in [-0.25, -0.2) is 17.8 Å². The number of aliphatic imine (C=N–C) groups is 1. The molecule has 0 aliphatic carbocycles. The van der Waals surface area contributed by atoms with Crippen LogP contribution in [0.15, 0.2) is 51.2 Å². The smallest absolute Gasteiger partial charge is 0.273 e. The first-order valence-electron chi connectivity index (χ1n) is 11.1. The van der Waals surface area contributed by atoms with Crippen LogP contribution in [0.25, 0.3) is 0 Å². The molecule has 2 heterocycles. The highest BCUT2D eigenvalue weighted by molar-refractivity contribution is 7.89. The van der Waals surface area contributed by atoms with E-state index in [1.807, 2.05) is 12.2 Å². The van der Waals surface area contributed by atoms with Crippen LogP contribution in [0.4, 0.5) is 5.69 Å². The molecule has 2 aromatic rings. The van der Waals surface area contributed by atoms with Crippen LogP contribution in [0.5, 0.6) is 0 Å². The van der Waals surface area contributed by atoms with Crippen LogP contribution in [0.3, 0.4) is 0 Å². The summed E-state index contributed by atoms with van der Waals surface area (Å²) in [5, 5.41) is 6.81. The van der Waals surface area contributed by atoms with Gasteiger partial charge in [-0.15, -0.1) is 0 Å². The zero-order valence-corrected chi connectivity index (χ0v) is 21.5. The molecule has 1 amide bonds. The summed E-state index contributed by atoms with van der Waals surface area (Å²) in [4.78, 5) is 31.5. The van der Waals surface area contributed by atoms with Crippen molar-refractivity contribution in [2.24, 2.45) is 4.99 Å². The zero-order chi connectivity index (χ0) is 25.6. The van der Waals surface area contributed by atoms with Crippen LogP contribution in [0.2, 0.25) is 5.02 Å². The molecule has 0 atom stereocenters. The number of amides is 1. The van der Waals surface area contributed by atoms with Crippen LogP contribution >= 0.6 is 11.6 Å². The van der Waals surface area contributed by atoms with Crippen molar-refractivity contribution in [1.82, 2.24) is 19.4 Å². The fourth-order valence-corrected chi connectivity index (χ4v) is 4.98. The van der Waals surface area contributed by atoms with Crippen LogP contribution in [-0.2, 0) is 27.9 Å². The summed E-state index contributed by atoms with van der Waals surface area (Å²) >= 11 is 6.09. The minimum atomic E-state index is -3.80. The second-order valence-corrected chi connectivity index (χ2v) is 10.6. The van der Waals surface area contributed by atoms with E-state index in [0.29, 0.717) is 30.6 Å². The lowest BCUT2D eigenvalue weighted by Crippen LogP contribution is -2.33. The lowest BCUT2D eigenvalue weighted by atomic mass is 10.2. The van der Waals surface area contributed by atoms with Crippen molar-refractivity contribution >= 4 is 38.9 Å². The highest BCUT2D eigenvalue weighted by Gasteiger charge is 2.19. The number of nitrogens with zero attached hydrogens (tertiary/aromatic N) is 4. The van der Waals surface area contributed by atoms with Crippen LogP contribution < -0.4 is 15.6 Å². The van der Waals surface area contributed by atoms with E-state index < -0.39 is 21.5 Å². The lowest BCUT2D eigenvalue weighted by molar-refractivity contribution is -0.117.